The van der Waals surface area contributed by atoms with Gasteiger partial charge in [-0.3, -0.25) is 4.79 Å². The first-order valence-electron chi connectivity index (χ1n) is 6.86. The molecule has 0 spiro atoms. The number of fused-ring (bicyclic) bond motifs is 2. The summed E-state index contributed by atoms with van der Waals surface area (Å²) in [5.41, 5.74) is 7.19. The van der Waals surface area contributed by atoms with Gasteiger partial charge < -0.3 is 11.1 Å². The molecule has 3 N–H and O–H groups in total. The van der Waals surface area contributed by atoms with Gasteiger partial charge in [0.05, 0.1) is 16.5 Å². The number of rotatable bonds is 2. The van der Waals surface area contributed by atoms with E-state index in [2.05, 4.69) is 5.32 Å². The molecule has 0 heterocycles. The molecule has 0 saturated heterocycles. The van der Waals surface area contributed by atoms with Crippen molar-refractivity contribution in [2.45, 2.75) is 25.3 Å². The zero-order chi connectivity index (χ0) is 14.3. The summed E-state index contributed by atoms with van der Waals surface area (Å²) < 4.78 is 0. The van der Waals surface area contributed by atoms with Gasteiger partial charge in [-0.1, -0.05) is 11.6 Å². The molecule has 20 heavy (non-hydrogen) atoms. The van der Waals surface area contributed by atoms with Crippen LogP contribution >= 0.6 is 11.6 Å². The van der Waals surface area contributed by atoms with Crippen LogP contribution in [0, 0.1) is 29.1 Å². The van der Waals surface area contributed by atoms with Crippen LogP contribution in [0.1, 0.15) is 24.8 Å². The third-order valence-electron chi connectivity index (χ3n) is 4.64. The summed E-state index contributed by atoms with van der Waals surface area (Å²) in [7, 11) is 0. The third-order valence-corrected chi connectivity index (χ3v) is 4.95. The number of benzene rings is 1. The van der Waals surface area contributed by atoms with E-state index in [1.54, 1.807) is 18.2 Å². The Bertz CT molecular complexity index is 593. The number of hydrogen-bond donors (Lipinski definition) is 2. The van der Waals surface area contributed by atoms with E-state index in [-0.39, 0.29) is 17.9 Å². The summed E-state index contributed by atoms with van der Waals surface area (Å²) in [6, 6.07) is 6.88. The van der Waals surface area contributed by atoms with Gasteiger partial charge in [-0.05, 0) is 49.3 Å². The topological polar surface area (TPSA) is 78.9 Å². The van der Waals surface area contributed by atoms with E-state index in [1.807, 2.05) is 6.07 Å². The summed E-state index contributed by atoms with van der Waals surface area (Å²) in [6.07, 6.45) is 3.33. The highest BCUT2D eigenvalue weighted by Gasteiger charge is 2.49. The van der Waals surface area contributed by atoms with Crippen LogP contribution < -0.4 is 11.1 Å². The average Bonchev–Trinajstić information content (AvgIpc) is 2.99. The maximum absolute atomic E-state index is 12.4. The Kier molecular flexibility index (Phi) is 3.41. The Balaban J connectivity index is 1.74. The first-order valence-corrected chi connectivity index (χ1v) is 7.24. The first kappa shape index (κ1) is 13.4. The van der Waals surface area contributed by atoms with Crippen molar-refractivity contribution in [2.24, 2.45) is 23.5 Å². The van der Waals surface area contributed by atoms with Crippen LogP contribution in [0.2, 0.25) is 5.02 Å². The smallest absolute Gasteiger partial charge is 0.229 e. The van der Waals surface area contributed by atoms with Gasteiger partial charge in [-0.15, -0.1) is 0 Å². The lowest BCUT2D eigenvalue weighted by atomic mass is 9.84. The molecular weight excluding hydrogens is 274 g/mol. The van der Waals surface area contributed by atoms with Crippen LogP contribution in [0.15, 0.2) is 18.2 Å². The maximum Gasteiger partial charge on any atom is 0.229 e. The van der Waals surface area contributed by atoms with Gasteiger partial charge in [0.15, 0.2) is 0 Å². The van der Waals surface area contributed by atoms with Crippen molar-refractivity contribution < 1.29 is 4.79 Å². The number of amides is 1. The zero-order valence-electron chi connectivity index (χ0n) is 11.0. The number of nitrogens with two attached hydrogens (primary N) is 1. The van der Waals surface area contributed by atoms with Crippen molar-refractivity contribution in [1.82, 2.24) is 0 Å². The molecule has 0 aromatic heterocycles. The summed E-state index contributed by atoms with van der Waals surface area (Å²) in [5.74, 6) is 0.804. The Labute approximate surface area is 122 Å². The molecule has 104 valence electrons. The predicted octanol–water partition coefficient (Wildman–Crippen LogP) is 2.52. The zero-order valence-corrected chi connectivity index (χ0v) is 11.7. The first-order chi connectivity index (χ1) is 9.60. The molecule has 4 atom stereocenters. The van der Waals surface area contributed by atoms with Crippen molar-refractivity contribution in [2.75, 3.05) is 5.32 Å². The van der Waals surface area contributed by atoms with Crippen LogP contribution in [-0.4, -0.2) is 11.9 Å². The number of nitrogens with one attached hydrogen (secondary N) is 1. The molecule has 0 aliphatic heterocycles. The second-order valence-electron chi connectivity index (χ2n) is 5.73. The number of nitriles is 1. The van der Waals surface area contributed by atoms with Crippen LogP contribution in [0.3, 0.4) is 0 Å². The van der Waals surface area contributed by atoms with Gasteiger partial charge in [-0.25, -0.2) is 0 Å². The van der Waals surface area contributed by atoms with Gasteiger partial charge in [-0.2, -0.15) is 5.26 Å². The second kappa shape index (κ2) is 5.08. The number of hydrogen-bond acceptors (Lipinski definition) is 3. The lowest BCUT2D eigenvalue weighted by molar-refractivity contribution is -0.121. The largest absolute Gasteiger partial charge is 0.327 e. The van der Waals surface area contributed by atoms with Crippen LogP contribution in [0.5, 0.6) is 0 Å². The van der Waals surface area contributed by atoms with Crippen molar-refractivity contribution in [3.8, 4) is 6.07 Å². The second-order valence-corrected chi connectivity index (χ2v) is 6.14. The fraction of sp³-hybridized carbons (Fsp3) is 0.467. The van der Waals surface area contributed by atoms with Crippen molar-refractivity contribution >= 4 is 23.2 Å². The molecule has 4 nitrogen and oxygen atoms in total. The maximum atomic E-state index is 12.4. The molecule has 1 amide bonds. The molecule has 2 aliphatic rings. The summed E-state index contributed by atoms with van der Waals surface area (Å²) >= 11 is 5.97. The Hall–Kier alpha value is -1.57. The third kappa shape index (κ3) is 2.17. The number of nitrogens with zero attached hydrogens (tertiary/aromatic N) is 1. The van der Waals surface area contributed by atoms with Gasteiger partial charge in [0, 0.05) is 11.7 Å². The monoisotopic (exact) mass is 289 g/mol. The molecule has 1 aromatic rings. The van der Waals surface area contributed by atoms with E-state index < -0.39 is 0 Å². The number of anilines is 1. The molecule has 2 fully saturated rings. The molecule has 5 heteroatoms. The average molecular weight is 290 g/mol. The standard InChI is InChI=1S/C15H16ClN3O/c16-12-6-11(4-3-10(12)7-17)19-15(20)13-8-1-2-9(5-8)14(13)18/h3-4,6,8-9,13-14H,1-2,5,18H2,(H,19,20). The molecule has 3 rings (SSSR count). The Morgan fingerprint density at radius 2 is 2.15 bits per heavy atom. The Morgan fingerprint density at radius 3 is 2.75 bits per heavy atom. The molecule has 4 unspecified atom stereocenters. The molecule has 2 saturated carbocycles. The van der Waals surface area contributed by atoms with Crippen LogP contribution in [0.4, 0.5) is 5.69 Å². The molecule has 0 radical (unpaired) electrons. The van der Waals surface area contributed by atoms with E-state index in [0.717, 1.165) is 19.3 Å². The number of carbonyl (C=O) groups excluding carboxylic acids is 1. The minimum Gasteiger partial charge on any atom is -0.327 e. The van der Waals surface area contributed by atoms with Crippen LogP contribution in [0.25, 0.3) is 0 Å². The lowest BCUT2D eigenvalue weighted by Crippen LogP contribution is -2.42. The molecular formula is C15H16ClN3O. The molecule has 1 aromatic carbocycles. The highest BCUT2D eigenvalue weighted by atomic mass is 35.5. The van der Waals surface area contributed by atoms with Gasteiger partial charge >= 0.3 is 0 Å². The van der Waals surface area contributed by atoms with E-state index in [4.69, 9.17) is 22.6 Å². The van der Waals surface area contributed by atoms with E-state index in [1.165, 1.54) is 0 Å². The van der Waals surface area contributed by atoms with Crippen molar-refractivity contribution in [3.05, 3.63) is 28.8 Å². The fourth-order valence-corrected chi connectivity index (χ4v) is 3.86. The SMILES string of the molecule is N#Cc1ccc(NC(=O)C2C3CCC(C3)C2N)cc1Cl. The van der Waals surface area contributed by atoms with Crippen LogP contribution in [-0.2, 0) is 4.79 Å². The lowest BCUT2D eigenvalue weighted by Gasteiger charge is -2.27. The highest BCUT2D eigenvalue weighted by Crippen LogP contribution is 2.47. The van der Waals surface area contributed by atoms with E-state index >= 15 is 0 Å². The molecule has 2 aliphatic carbocycles. The van der Waals surface area contributed by atoms with Crippen molar-refractivity contribution in [1.29, 1.82) is 5.26 Å². The van der Waals surface area contributed by atoms with Gasteiger partial charge in [0.25, 0.3) is 0 Å². The summed E-state index contributed by atoms with van der Waals surface area (Å²) in [5, 5.41) is 12.1. The summed E-state index contributed by atoms with van der Waals surface area (Å²) in [6.45, 7) is 0. The van der Waals surface area contributed by atoms with E-state index in [0.29, 0.717) is 28.1 Å². The fourth-order valence-electron chi connectivity index (χ4n) is 3.63. The minimum atomic E-state index is -0.0943. The molecule has 2 bridgehead atoms. The van der Waals surface area contributed by atoms with Gasteiger partial charge in [0.1, 0.15) is 6.07 Å². The number of carbonyl (C=O) groups is 1. The predicted molar refractivity (Wildman–Crippen MR) is 77.1 cm³/mol. The Morgan fingerprint density at radius 1 is 1.40 bits per heavy atom. The van der Waals surface area contributed by atoms with Crippen molar-refractivity contribution in [3.63, 3.8) is 0 Å². The summed E-state index contributed by atoms with van der Waals surface area (Å²) in [4.78, 5) is 12.4. The highest BCUT2D eigenvalue weighted by molar-refractivity contribution is 6.32. The normalized spacial score (nSPS) is 31.1. The number of halogens is 1. The minimum absolute atomic E-state index is 0.0227. The van der Waals surface area contributed by atoms with Gasteiger partial charge in [0.2, 0.25) is 5.91 Å². The quantitative estimate of drug-likeness (QED) is 0.878. The van der Waals surface area contributed by atoms with E-state index in [9.17, 15) is 4.79 Å².